The van der Waals surface area contributed by atoms with Crippen molar-refractivity contribution in [3.63, 3.8) is 0 Å². The Morgan fingerprint density at radius 2 is 1.65 bits per heavy atom. The average Bonchev–Trinajstić information content (AvgIpc) is 2.52. The molecule has 23 heavy (non-hydrogen) atoms. The summed E-state index contributed by atoms with van der Waals surface area (Å²) in [5.74, 6) is 1.79. The standard InChI is InChI=1S/C20H27NO2/c1-5-22-19-8-6-7-17(15-19)21-13-14-23-18-11-9-16(10-12-18)20(2,3)4/h6-12,15,21H,5,13-14H2,1-4H3. The van der Waals surface area contributed by atoms with Gasteiger partial charge >= 0.3 is 0 Å². The summed E-state index contributed by atoms with van der Waals surface area (Å²) >= 11 is 0. The Balaban J connectivity index is 1.78. The minimum Gasteiger partial charge on any atom is -0.494 e. The first kappa shape index (κ1) is 17.2. The molecular weight excluding hydrogens is 286 g/mol. The highest BCUT2D eigenvalue weighted by Crippen LogP contribution is 2.24. The lowest BCUT2D eigenvalue weighted by Crippen LogP contribution is -2.12. The molecule has 0 aliphatic heterocycles. The molecule has 0 aromatic heterocycles. The van der Waals surface area contributed by atoms with Gasteiger partial charge in [-0.25, -0.2) is 0 Å². The molecule has 0 bridgehead atoms. The maximum atomic E-state index is 5.78. The second-order valence-corrected chi connectivity index (χ2v) is 6.51. The van der Waals surface area contributed by atoms with Gasteiger partial charge in [-0.05, 0) is 42.2 Å². The molecular formula is C20H27NO2. The molecule has 0 aliphatic rings. The van der Waals surface area contributed by atoms with Gasteiger partial charge in [0.1, 0.15) is 18.1 Å². The molecule has 2 aromatic carbocycles. The quantitative estimate of drug-likeness (QED) is 0.739. The number of hydrogen-bond donors (Lipinski definition) is 1. The second-order valence-electron chi connectivity index (χ2n) is 6.51. The summed E-state index contributed by atoms with van der Waals surface area (Å²) in [5.41, 5.74) is 2.53. The molecule has 0 aliphatic carbocycles. The molecule has 0 fully saturated rings. The minimum absolute atomic E-state index is 0.172. The fourth-order valence-electron chi connectivity index (χ4n) is 2.28. The van der Waals surface area contributed by atoms with Crippen molar-refractivity contribution in [3.8, 4) is 11.5 Å². The second kappa shape index (κ2) is 7.91. The normalized spacial score (nSPS) is 11.1. The molecule has 3 heteroatoms. The molecule has 0 spiro atoms. The Kier molecular flexibility index (Phi) is 5.91. The fourth-order valence-corrected chi connectivity index (χ4v) is 2.28. The van der Waals surface area contributed by atoms with Crippen LogP contribution in [0.5, 0.6) is 11.5 Å². The van der Waals surface area contributed by atoms with Gasteiger partial charge in [0, 0.05) is 18.3 Å². The topological polar surface area (TPSA) is 30.5 Å². The third-order valence-corrected chi connectivity index (χ3v) is 3.57. The van der Waals surface area contributed by atoms with Crippen LogP contribution >= 0.6 is 0 Å². The van der Waals surface area contributed by atoms with Crippen molar-refractivity contribution >= 4 is 5.69 Å². The van der Waals surface area contributed by atoms with Gasteiger partial charge in [-0.3, -0.25) is 0 Å². The Hall–Kier alpha value is -2.16. The fraction of sp³-hybridized carbons (Fsp3) is 0.400. The van der Waals surface area contributed by atoms with Crippen LogP contribution in [-0.4, -0.2) is 19.8 Å². The van der Waals surface area contributed by atoms with Crippen molar-refractivity contribution in [2.45, 2.75) is 33.1 Å². The van der Waals surface area contributed by atoms with Gasteiger partial charge in [0.25, 0.3) is 0 Å². The van der Waals surface area contributed by atoms with E-state index < -0.39 is 0 Å². The van der Waals surface area contributed by atoms with Crippen molar-refractivity contribution in [3.05, 3.63) is 54.1 Å². The third kappa shape index (κ3) is 5.51. The van der Waals surface area contributed by atoms with Crippen LogP contribution in [0.25, 0.3) is 0 Å². The van der Waals surface area contributed by atoms with E-state index >= 15 is 0 Å². The van der Waals surface area contributed by atoms with Crippen molar-refractivity contribution < 1.29 is 9.47 Å². The van der Waals surface area contributed by atoms with E-state index in [1.807, 2.05) is 43.3 Å². The summed E-state index contributed by atoms with van der Waals surface area (Å²) < 4.78 is 11.3. The summed E-state index contributed by atoms with van der Waals surface area (Å²) in [6.07, 6.45) is 0. The van der Waals surface area contributed by atoms with E-state index in [0.717, 1.165) is 23.7 Å². The van der Waals surface area contributed by atoms with E-state index in [-0.39, 0.29) is 5.41 Å². The number of benzene rings is 2. The average molecular weight is 313 g/mol. The van der Waals surface area contributed by atoms with Gasteiger partial charge in [-0.1, -0.05) is 39.0 Å². The van der Waals surface area contributed by atoms with E-state index in [4.69, 9.17) is 9.47 Å². The monoisotopic (exact) mass is 313 g/mol. The van der Waals surface area contributed by atoms with Gasteiger partial charge in [0.2, 0.25) is 0 Å². The number of rotatable bonds is 7. The van der Waals surface area contributed by atoms with E-state index in [1.165, 1.54) is 5.56 Å². The molecule has 0 saturated carbocycles. The van der Waals surface area contributed by atoms with Crippen LogP contribution in [0, 0.1) is 0 Å². The van der Waals surface area contributed by atoms with E-state index in [2.05, 4.69) is 38.2 Å². The first-order valence-corrected chi connectivity index (χ1v) is 8.19. The molecule has 0 atom stereocenters. The lowest BCUT2D eigenvalue weighted by molar-refractivity contribution is 0.332. The predicted molar refractivity (Wildman–Crippen MR) is 96.7 cm³/mol. The Morgan fingerprint density at radius 1 is 0.913 bits per heavy atom. The zero-order chi connectivity index (χ0) is 16.7. The minimum atomic E-state index is 0.172. The first-order valence-electron chi connectivity index (χ1n) is 8.19. The van der Waals surface area contributed by atoms with Gasteiger partial charge < -0.3 is 14.8 Å². The smallest absolute Gasteiger partial charge is 0.121 e. The van der Waals surface area contributed by atoms with Gasteiger partial charge in [0.15, 0.2) is 0 Å². The molecule has 0 saturated heterocycles. The predicted octanol–water partition coefficient (Wildman–Crippen LogP) is 4.87. The van der Waals surface area contributed by atoms with Crippen molar-refractivity contribution in [2.75, 3.05) is 25.1 Å². The molecule has 3 nitrogen and oxygen atoms in total. The number of hydrogen-bond acceptors (Lipinski definition) is 3. The van der Waals surface area contributed by atoms with Crippen LogP contribution in [0.15, 0.2) is 48.5 Å². The van der Waals surface area contributed by atoms with Crippen molar-refractivity contribution in [2.24, 2.45) is 0 Å². The molecule has 1 N–H and O–H groups in total. The van der Waals surface area contributed by atoms with E-state index in [1.54, 1.807) is 0 Å². The highest BCUT2D eigenvalue weighted by molar-refractivity contribution is 5.48. The lowest BCUT2D eigenvalue weighted by atomic mass is 9.87. The van der Waals surface area contributed by atoms with Crippen LogP contribution < -0.4 is 14.8 Å². The molecule has 124 valence electrons. The van der Waals surface area contributed by atoms with Gasteiger partial charge in [-0.15, -0.1) is 0 Å². The largest absolute Gasteiger partial charge is 0.494 e. The molecule has 2 rings (SSSR count). The summed E-state index contributed by atoms with van der Waals surface area (Å²) in [6, 6.07) is 16.3. The van der Waals surface area contributed by atoms with Crippen LogP contribution in [0.3, 0.4) is 0 Å². The SMILES string of the molecule is CCOc1cccc(NCCOc2ccc(C(C)(C)C)cc2)c1. The maximum Gasteiger partial charge on any atom is 0.121 e. The Morgan fingerprint density at radius 3 is 2.30 bits per heavy atom. The van der Waals surface area contributed by atoms with Crippen LogP contribution in [0.4, 0.5) is 5.69 Å². The molecule has 0 unspecified atom stereocenters. The van der Waals surface area contributed by atoms with Crippen LogP contribution in [0.1, 0.15) is 33.3 Å². The number of nitrogens with one attached hydrogen (secondary N) is 1. The first-order chi connectivity index (χ1) is 11.0. The summed E-state index contributed by atoms with van der Waals surface area (Å²) in [6.45, 7) is 10.7. The van der Waals surface area contributed by atoms with Gasteiger partial charge in [-0.2, -0.15) is 0 Å². The third-order valence-electron chi connectivity index (χ3n) is 3.57. The number of ether oxygens (including phenoxy) is 2. The summed E-state index contributed by atoms with van der Waals surface area (Å²) in [5, 5.41) is 3.34. The van der Waals surface area contributed by atoms with Crippen molar-refractivity contribution in [1.29, 1.82) is 0 Å². The van der Waals surface area contributed by atoms with Crippen molar-refractivity contribution in [1.82, 2.24) is 0 Å². The summed E-state index contributed by atoms with van der Waals surface area (Å²) in [4.78, 5) is 0. The zero-order valence-electron chi connectivity index (χ0n) is 14.6. The van der Waals surface area contributed by atoms with Crippen LogP contribution in [0.2, 0.25) is 0 Å². The van der Waals surface area contributed by atoms with Crippen LogP contribution in [-0.2, 0) is 5.41 Å². The zero-order valence-corrected chi connectivity index (χ0v) is 14.6. The molecule has 0 radical (unpaired) electrons. The highest BCUT2D eigenvalue weighted by atomic mass is 16.5. The summed E-state index contributed by atoms with van der Waals surface area (Å²) in [7, 11) is 0. The van der Waals surface area contributed by atoms with E-state index in [0.29, 0.717) is 13.2 Å². The van der Waals surface area contributed by atoms with Gasteiger partial charge in [0.05, 0.1) is 6.61 Å². The highest BCUT2D eigenvalue weighted by Gasteiger charge is 2.12. The Bertz CT molecular complexity index is 600. The van der Waals surface area contributed by atoms with E-state index in [9.17, 15) is 0 Å². The lowest BCUT2D eigenvalue weighted by Gasteiger charge is -2.19. The molecule has 2 aromatic rings. The molecule has 0 heterocycles. The molecule has 0 amide bonds. The maximum absolute atomic E-state index is 5.78. The number of anilines is 1. The Labute approximate surface area is 139 Å².